The van der Waals surface area contributed by atoms with Crippen molar-refractivity contribution in [3.05, 3.63) is 0 Å². The fourth-order valence-corrected chi connectivity index (χ4v) is 4.07. The summed E-state index contributed by atoms with van der Waals surface area (Å²) in [5.41, 5.74) is -0.916. The number of aliphatic carboxylic acids is 1. The summed E-state index contributed by atoms with van der Waals surface area (Å²) in [6.07, 6.45) is 0.839. The zero-order chi connectivity index (χ0) is 14.0. The van der Waals surface area contributed by atoms with E-state index < -0.39 is 21.6 Å². The fourth-order valence-electron chi connectivity index (χ4n) is 2.36. The van der Waals surface area contributed by atoms with Gasteiger partial charge in [0, 0.05) is 26.2 Å². The largest absolute Gasteiger partial charge is 0.481 e. The summed E-state index contributed by atoms with van der Waals surface area (Å²) in [5.74, 6) is -0.901. The molecule has 1 unspecified atom stereocenters. The van der Waals surface area contributed by atoms with Gasteiger partial charge in [-0.1, -0.05) is 20.8 Å². The number of rotatable bonds is 6. The van der Waals surface area contributed by atoms with Crippen LogP contribution < -0.4 is 0 Å². The third-order valence-electron chi connectivity index (χ3n) is 3.81. The number of carboxylic acid groups (broad SMARTS) is 1. The minimum Gasteiger partial charge on any atom is -0.481 e. The van der Waals surface area contributed by atoms with Gasteiger partial charge in [0.25, 0.3) is 10.2 Å². The summed E-state index contributed by atoms with van der Waals surface area (Å²) >= 11 is 0. The number of carboxylic acids is 1. The van der Waals surface area contributed by atoms with Gasteiger partial charge in [-0.3, -0.25) is 4.79 Å². The first-order valence-corrected chi connectivity index (χ1v) is 7.72. The highest BCUT2D eigenvalue weighted by atomic mass is 32.2. The molecule has 0 spiro atoms. The van der Waals surface area contributed by atoms with Crippen LogP contribution in [0.2, 0.25) is 0 Å². The molecule has 1 atom stereocenters. The van der Waals surface area contributed by atoms with E-state index in [0.717, 1.165) is 0 Å². The van der Waals surface area contributed by atoms with Crippen molar-refractivity contribution in [3.63, 3.8) is 0 Å². The summed E-state index contributed by atoms with van der Waals surface area (Å²) in [6.45, 7) is 6.53. The average molecular weight is 278 g/mol. The molecule has 1 saturated heterocycles. The maximum Gasteiger partial charge on any atom is 0.311 e. The van der Waals surface area contributed by atoms with Crippen LogP contribution in [0.3, 0.4) is 0 Å². The van der Waals surface area contributed by atoms with Crippen LogP contribution in [-0.2, 0) is 15.0 Å². The highest BCUT2D eigenvalue weighted by Gasteiger charge is 2.47. The molecule has 18 heavy (non-hydrogen) atoms. The average Bonchev–Trinajstić information content (AvgIpc) is 2.76. The molecule has 1 N–H and O–H groups in total. The minimum atomic E-state index is -3.51. The van der Waals surface area contributed by atoms with Crippen LogP contribution >= 0.6 is 0 Å². The first-order chi connectivity index (χ1) is 8.34. The molecule has 1 aliphatic rings. The smallest absolute Gasteiger partial charge is 0.311 e. The second-order valence-corrected chi connectivity index (χ2v) is 6.54. The van der Waals surface area contributed by atoms with E-state index in [1.165, 1.54) is 8.61 Å². The summed E-state index contributed by atoms with van der Waals surface area (Å²) in [7, 11) is -3.51. The SMILES string of the molecule is CCN(CC)S(=O)(=O)N1CCC(CC)(C(=O)O)C1. The van der Waals surface area contributed by atoms with Gasteiger partial charge >= 0.3 is 5.97 Å². The topological polar surface area (TPSA) is 77.9 Å². The lowest BCUT2D eigenvalue weighted by molar-refractivity contribution is -0.148. The van der Waals surface area contributed by atoms with Crippen molar-refractivity contribution in [1.82, 2.24) is 8.61 Å². The third kappa shape index (κ3) is 2.53. The van der Waals surface area contributed by atoms with Crippen LogP contribution in [0, 0.1) is 5.41 Å². The van der Waals surface area contributed by atoms with Crippen molar-refractivity contribution < 1.29 is 18.3 Å². The Morgan fingerprint density at radius 3 is 2.22 bits per heavy atom. The first kappa shape index (κ1) is 15.4. The van der Waals surface area contributed by atoms with Crippen molar-refractivity contribution in [2.45, 2.75) is 33.6 Å². The Morgan fingerprint density at radius 2 is 1.89 bits per heavy atom. The van der Waals surface area contributed by atoms with Gasteiger partial charge in [-0.2, -0.15) is 17.0 Å². The van der Waals surface area contributed by atoms with Crippen LogP contribution in [0.5, 0.6) is 0 Å². The Balaban J connectivity index is 2.93. The van der Waals surface area contributed by atoms with Crippen molar-refractivity contribution in [3.8, 4) is 0 Å². The standard InChI is InChI=1S/C11H22N2O4S/c1-4-11(10(14)15)7-8-13(9-11)18(16,17)12(5-2)6-3/h4-9H2,1-3H3,(H,14,15). The van der Waals surface area contributed by atoms with Crippen LogP contribution in [0.4, 0.5) is 0 Å². The van der Waals surface area contributed by atoms with Gasteiger partial charge in [0.05, 0.1) is 5.41 Å². The molecule has 1 aliphatic heterocycles. The molecule has 106 valence electrons. The second-order valence-electron chi connectivity index (χ2n) is 4.61. The Morgan fingerprint density at radius 1 is 1.33 bits per heavy atom. The zero-order valence-corrected chi connectivity index (χ0v) is 12.0. The molecule has 0 amide bonds. The molecule has 6 nitrogen and oxygen atoms in total. The first-order valence-electron chi connectivity index (χ1n) is 6.32. The molecule has 0 saturated carbocycles. The number of carbonyl (C=O) groups is 1. The molecular formula is C11H22N2O4S. The number of hydrogen-bond donors (Lipinski definition) is 1. The summed E-state index contributed by atoms with van der Waals surface area (Å²) in [4.78, 5) is 11.3. The summed E-state index contributed by atoms with van der Waals surface area (Å²) in [6, 6.07) is 0. The van der Waals surface area contributed by atoms with Gasteiger partial charge in [0.2, 0.25) is 0 Å². The molecular weight excluding hydrogens is 256 g/mol. The lowest BCUT2D eigenvalue weighted by atomic mass is 9.85. The Hall–Kier alpha value is -0.660. The molecule has 0 bridgehead atoms. The lowest BCUT2D eigenvalue weighted by Crippen LogP contribution is -2.44. The van der Waals surface area contributed by atoms with Gasteiger partial charge < -0.3 is 5.11 Å². The second kappa shape index (κ2) is 5.54. The van der Waals surface area contributed by atoms with E-state index in [9.17, 15) is 18.3 Å². The third-order valence-corrected chi connectivity index (χ3v) is 5.94. The van der Waals surface area contributed by atoms with Crippen molar-refractivity contribution >= 4 is 16.2 Å². The minimum absolute atomic E-state index is 0.0810. The van der Waals surface area contributed by atoms with Gasteiger partial charge in [-0.15, -0.1) is 0 Å². The fraction of sp³-hybridized carbons (Fsp3) is 0.909. The molecule has 0 aromatic heterocycles. The maximum atomic E-state index is 12.3. The van der Waals surface area contributed by atoms with Crippen LogP contribution in [-0.4, -0.2) is 54.3 Å². The van der Waals surface area contributed by atoms with Gasteiger partial charge in [-0.25, -0.2) is 0 Å². The van der Waals surface area contributed by atoms with E-state index in [0.29, 0.717) is 32.5 Å². The van der Waals surface area contributed by atoms with Crippen LogP contribution in [0.1, 0.15) is 33.6 Å². The number of hydrogen-bond acceptors (Lipinski definition) is 3. The quantitative estimate of drug-likeness (QED) is 0.778. The van der Waals surface area contributed by atoms with Crippen molar-refractivity contribution in [2.75, 3.05) is 26.2 Å². The molecule has 1 fully saturated rings. The predicted molar refractivity (Wildman–Crippen MR) is 68.4 cm³/mol. The van der Waals surface area contributed by atoms with E-state index in [2.05, 4.69) is 0 Å². The van der Waals surface area contributed by atoms with E-state index in [1.807, 2.05) is 0 Å². The summed E-state index contributed by atoms with van der Waals surface area (Å²) in [5, 5.41) is 9.27. The lowest BCUT2D eigenvalue weighted by Gasteiger charge is -2.27. The molecule has 1 rings (SSSR count). The van der Waals surface area contributed by atoms with Gasteiger partial charge in [0.15, 0.2) is 0 Å². The van der Waals surface area contributed by atoms with E-state index in [-0.39, 0.29) is 6.54 Å². The molecule has 1 heterocycles. The van der Waals surface area contributed by atoms with E-state index >= 15 is 0 Å². The molecule has 0 aromatic carbocycles. The summed E-state index contributed by atoms with van der Waals surface area (Å²) < 4.78 is 27.2. The zero-order valence-electron chi connectivity index (χ0n) is 11.2. The highest BCUT2D eigenvalue weighted by molar-refractivity contribution is 7.86. The Labute approximate surface area is 109 Å². The van der Waals surface area contributed by atoms with Crippen molar-refractivity contribution in [2.24, 2.45) is 5.41 Å². The molecule has 7 heteroatoms. The highest BCUT2D eigenvalue weighted by Crippen LogP contribution is 2.36. The molecule has 0 radical (unpaired) electrons. The predicted octanol–water partition coefficient (Wildman–Crippen LogP) is 0.760. The Kier molecular flexibility index (Phi) is 4.74. The van der Waals surface area contributed by atoms with Crippen LogP contribution in [0.25, 0.3) is 0 Å². The monoisotopic (exact) mass is 278 g/mol. The van der Waals surface area contributed by atoms with E-state index in [1.54, 1.807) is 20.8 Å². The Bertz CT molecular complexity index is 405. The molecule has 0 aromatic rings. The molecule has 0 aliphatic carbocycles. The van der Waals surface area contributed by atoms with Gasteiger partial charge in [-0.05, 0) is 12.8 Å². The van der Waals surface area contributed by atoms with E-state index in [4.69, 9.17) is 0 Å². The maximum absolute atomic E-state index is 12.3. The number of nitrogens with zero attached hydrogens (tertiary/aromatic N) is 2. The van der Waals surface area contributed by atoms with Gasteiger partial charge in [0.1, 0.15) is 0 Å². The van der Waals surface area contributed by atoms with Crippen LogP contribution in [0.15, 0.2) is 0 Å². The normalized spacial score (nSPS) is 25.8. The van der Waals surface area contributed by atoms with Crippen molar-refractivity contribution in [1.29, 1.82) is 0 Å².